The van der Waals surface area contributed by atoms with Crippen molar-refractivity contribution in [1.29, 1.82) is 5.26 Å². The van der Waals surface area contributed by atoms with Gasteiger partial charge in [0.05, 0.1) is 17.6 Å². The van der Waals surface area contributed by atoms with Crippen LogP contribution < -0.4 is 4.90 Å². The second kappa shape index (κ2) is 8.71. The summed E-state index contributed by atoms with van der Waals surface area (Å²) in [5, 5.41) is 8.93. The largest absolute Gasteiger partial charge is 0.338 e. The van der Waals surface area contributed by atoms with Crippen LogP contribution in [-0.2, 0) is 16.1 Å². The summed E-state index contributed by atoms with van der Waals surface area (Å²) >= 11 is 0. The van der Waals surface area contributed by atoms with Crippen LogP contribution in [0.5, 0.6) is 0 Å². The van der Waals surface area contributed by atoms with Crippen molar-refractivity contribution in [3.63, 3.8) is 0 Å². The van der Waals surface area contributed by atoms with Crippen LogP contribution >= 0.6 is 0 Å². The van der Waals surface area contributed by atoms with Gasteiger partial charge in [0.15, 0.2) is 0 Å². The van der Waals surface area contributed by atoms with E-state index in [0.29, 0.717) is 25.2 Å². The lowest BCUT2D eigenvalue weighted by Crippen LogP contribution is -2.37. The minimum Gasteiger partial charge on any atom is -0.338 e. The summed E-state index contributed by atoms with van der Waals surface area (Å²) in [5.74, 6) is -0.301. The van der Waals surface area contributed by atoms with Gasteiger partial charge in [0.1, 0.15) is 0 Å². The monoisotopic (exact) mass is 375 g/mol. The molecule has 5 heteroatoms. The SMILES string of the molecule is CCCN(Cc1ccc(C#N)cc1)C(=O)C1CC(=O)N(c2ccc(C)cc2)C1. The summed E-state index contributed by atoms with van der Waals surface area (Å²) in [4.78, 5) is 29.2. The first-order valence-corrected chi connectivity index (χ1v) is 9.66. The van der Waals surface area contributed by atoms with Gasteiger partial charge in [-0.3, -0.25) is 9.59 Å². The van der Waals surface area contributed by atoms with Gasteiger partial charge >= 0.3 is 0 Å². The number of carbonyl (C=O) groups is 2. The van der Waals surface area contributed by atoms with Gasteiger partial charge in [0.2, 0.25) is 11.8 Å². The highest BCUT2D eigenvalue weighted by Gasteiger charge is 2.37. The zero-order valence-electron chi connectivity index (χ0n) is 16.4. The topological polar surface area (TPSA) is 64.4 Å². The minimum atomic E-state index is -0.321. The second-order valence-corrected chi connectivity index (χ2v) is 7.31. The van der Waals surface area contributed by atoms with Crippen molar-refractivity contribution in [2.24, 2.45) is 5.92 Å². The van der Waals surface area contributed by atoms with Gasteiger partial charge in [-0.15, -0.1) is 0 Å². The molecule has 2 aromatic carbocycles. The zero-order chi connectivity index (χ0) is 20.1. The molecule has 144 valence electrons. The third-order valence-corrected chi connectivity index (χ3v) is 5.08. The molecular weight excluding hydrogens is 350 g/mol. The number of anilines is 1. The third-order valence-electron chi connectivity index (χ3n) is 5.08. The number of hydrogen-bond acceptors (Lipinski definition) is 3. The Bertz CT molecular complexity index is 882. The van der Waals surface area contributed by atoms with Gasteiger partial charge in [0, 0.05) is 31.7 Å². The van der Waals surface area contributed by atoms with Crippen LogP contribution in [0.15, 0.2) is 48.5 Å². The molecule has 1 aliphatic rings. The maximum Gasteiger partial charge on any atom is 0.228 e. The highest BCUT2D eigenvalue weighted by molar-refractivity contribution is 6.00. The Morgan fingerprint density at radius 1 is 1.18 bits per heavy atom. The lowest BCUT2D eigenvalue weighted by Gasteiger charge is -2.25. The van der Waals surface area contributed by atoms with E-state index in [4.69, 9.17) is 5.26 Å². The van der Waals surface area contributed by atoms with Crippen LogP contribution in [0.4, 0.5) is 5.69 Å². The predicted octanol–water partition coefficient (Wildman–Crippen LogP) is 3.66. The molecule has 28 heavy (non-hydrogen) atoms. The summed E-state index contributed by atoms with van der Waals surface area (Å²) in [5.41, 5.74) is 3.58. The van der Waals surface area contributed by atoms with Gasteiger partial charge in [-0.05, 0) is 43.2 Å². The normalized spacial score (nSPS) is 16.1. The first kappa shape index (κ1) is 19.6. The summed E-state index contributed by atoms with van der Waals surface area (Å²) in [6, 6.07) is 17.2. The van der Waals surface area contributed by atoms with Crippen molar-refractivity contribution >= 4 is 17.5 Å². The number of amides is 2. The number of rotatable bonds is 6. The Morgan fingerprint density at radius 3 is 2.46 bits per heavy atom. The summed E-state index contributed by atoms with van der Waals surface area (Å²) in [7, 11) is 0. The standard InChI is InChI=1S/C23H25N3O2/c1-3-12-25(15-19-8-6-18(14-24)7-9-19)23(28)20-13-22(27)26(16-20)21-10-4-17(2)5-11-21/h4-11,20H,3,12-13,15-16H2,1-2H3. The average molecular weight is 375 g/mol. The van der Waals surface area contributed by atoms with E-state index < -0.39 is 0 Å². The van der Waals surface area contributed by atoms with E-state index in [9.17, 15) is 9.59 Å². The van der Waals surface area contributed by atoms with Crippen molar-refractivity contribution in [3.8, 4) is 6.07 Å². The second-order valence-electron chi connectivity index (χ2n) is 7.31. The van der Waals surface area contributed by atoms with Crippen molar-refractivity contribution < 1.29 is 9.59 Å². The van der Waals surface area contributed by atoms with Crippen molar-refractivity contribution in [2.45, 2.75) is 33.2 Å². The van der Waals surface area contributed by atoms with Gasteiger partial charge in [-0.2, -0.15) is 5.26 Å². The molecule has 2 aromatic rings. The first-order chi connectivity index (χ1) is 13.5. The number of carbonyl (C=O) groups excluding carboxylic acids is 2. The number of hydrogen-bond donors (Lipinski definition) is 0. The quantitative estimate of drug-likeness (QED) is 0.774. The molecule has 0 bridgehead atoms. The van der Waals surface area contributed by atoms with E-state index in [2.05, 4.69) is 6.07 Å². The fraction of sp³-hybridized carbons (Fsp3) is 0.348. The molecule has 1 aliphatic heterocycles. The smallest absolute Gasteiger partial charge is 0.228 e. The van der Waals surface area contributed by atoms with Crippen LogP contribution in [0.3, 0.4) is 0 Å². The molecule has 2 amide bonds. The maximum absolute atomic E-state index is 13.1. The number of nitriles is 1. The average Bonchev–Trinajstić information content (AvgIpc) is 3.10. The molecule has 1 unspecified atom stereocenters. The van der Waals surface area contributed by atoms with Crippen LogP contribution in [0, 0.1) is 24.2 Å². The van der Waals surface area contributed by atoms with Crippen molar-refractivity contribution in [3.05, 3.63) is 65.2 Å². The van der Waals surface area contributed by atoms with E-state index in [1.54, 1.807) is 17.0 Å². The van der Waals surface area contributed by atoms with E-state index in [1.807, 2.05) is 55.1 Å². The van der Waals surface area contributed by atoms with E-state index >= 15 is 0 Å². The summed E-state index contributed by atoms with van der Waals surface area (Å²) in [6.45, 7) is 5.61. The van der Waals surface area contributed by atoms with Crippen LogP contribution in [-0.4, -0.2) is 29.8 Å². The maximum atomic E-state index is 13.1. The number of nitrogens with zero attached hydrogens (tertiary/aromatic N) is 3. The fourth-order valence-corrected chi connectivity index (χ4v) is 3.55. The van der Waals surface area contributed by atoms with Gasteiger partial charge in [-0.1, -0.05) is 36.8 Å². The third kappa shape index (κ3) is 4.40. The van der Waals surface area contributed by atoms with E-state index in [0.717, 1.165) is 23.2 Å². The first-order valence-electron chi connectivity index (χ1n) is 9.66. The fourth-order valence-electron chi connectivity index (χ4n) is 3.55. The lowest BCUT2D eigenvalue weighted by molar-refractivity contribution is -0.136. The number of aryl methyl sites for hydroxylation is 1. The molecule has 1 heterocycles. The van der Waals surface area contributed by atoms with E-state index in [-0.39, 0.29) is 24.2 Å². The molecule has 0 N–H and O–H groups in total. The van der Waals surface area contributed by atoms with Gasteiger partial charge < -0.3 is 9.80 Å². The van der Waals surface area contributed by atoms with Crippen molar-refractivity contribution in [1.82, 2.24) is 4.90 Å². The Morgan fingerprint density at radius 2 is 1.86 bits per heavy atom. The van der Waals surface area contributed by atoms with Crippen molar-refractivity contribution in [2.75, 3.05) is 18.0 Å². The Labute approximate surface area is 166 Å². The van der Waals surface area contributed by atoms with Gasteiger partial charge in [0.25, 0.3) is 0 Å². The molecule has 1 fully saturated rings. The molecule has 0 aromatic heterocycles. The number of benzene rings is 2. The lowest BCUT2D eigenvalue weighted by atomic mass is 10.1. The Kier molecular flexibility index (Phi) is 6.10. The molecule has 0 radical (unpaired) electrons. The minimum absolute atomic E-state index is 0.00275. The van der Waals surface area contributed by atoms with Crippen LogP contribution in [0.2, 0.25) is 0 Å². The molecule has 5 nitrogen and oxygen atoms in total. The van der Waals surface area contributed by atoms with Crippen LogP contribution in [0.1, 0.15) is 36.5 Å². The Balaban J connectivity index is 1.71. The Hall–Kier alpha value is -3.13. The molecule has 0 saturated carbocycles. The summed E-state index contributed by atoms with van der Waals surface area (Å²) < 4.78 is 0. The molecule has 1 saturated heterocycles. The molecule has 0 aliphatic carbocycles. The molecule has 0 spiro atoms. The predicted molar refractivity (Wildman–Crippen MR) is 109 cm³/mol. The van der Waals surface area contributed by atoms with Crippen LogP contribution in [0.25, 0.3) is 0 Å². The highest BCUT2D eigenvalue weighted by atomic mass is 16.2. The van der Waals surface area contributed by atoms with Gasteiger partial charge in [-0.25, -0.2) is 0 Å². The highest BCUT2D eigenvalue weighted by Crippen LogP contribution is 2.27. The molecule has 1 atom stereocenters. The molecular formula is C23H25N3O2. The summed E-state index contributed by atoms with van der Waals surface area (Å²) in [6.07, 6.45) is 1.10. The van der Waals surface area contributed by atoms with E-state index in [1.165, 1.54) is 0 Å². The zero-order valence-corrected chi connectivity index (χ0v) is 16.4. The molecule has 3 rings (SSSR count).